The number of unbranched alkanes of at least 4 members (excludes halogenated alkanes) is 2. The van der Waals surface area contributed by atoms with Gasteiger partial charge in [-0.1, -0.05) is 26.7 Å². The van der Waals surface area contributed by atoms with E-state index in [2.05, 4.69) is 19.2 Å². The number of ether oxygens (including phenoxy) is 1. The van der Waals surface area contributed by atoms with Crippen LogP contribution in [0.15, 0.2) is 24.3 Å². The molecule has 0 atom stereocenters. The van der Waals surface area contributed by atoms with Crippen LogP contribution in [-0.2, 0) is 6.42 Å². The minimum atomic E-state index is -0.200. The number of benzene rings is 1. The number of carbonyl (C=O) groups excluding carboxylic acids is 2. The molecule has 1 aliphatic heterocycles. The number of rotatable bonds is 9. The lowest BCUT2D eigenvalue weighted by Gasteiger charge is -2.27. The zero-order valence-electron chi connectivity index (χ0n) is 19.0. The van der Waals surface area contributed by atoms with Crippen molar-refractivity contribution in [3.8, 4) is 5.75 Å². The Labute approximate surface area is 189 Å². The summed E-state index contributed by atoms with van der Waals surface area (Å²) in [6, 6.07) is 7.21. The van der Waals surface area contributed by atoms with E-state index >= 15 is 0 Å². The minimum Gasteiger partial charge on any atom is -0.494 e. The van der Waals surface area contributed by atoms with E-state index in [1.165, 1.54) is 17.8 Å². The van der Waals surface area contributed by atoms with Gasteiger partial charge in [-0.3, -0.25) is 9.59 Å². The van der Waals surface area contributed by atoms with Gasteiger partial charge < -0.3 is 15.0 Å². The molecule has 2 amide bonds. The van der Waals surface area contributed by atoms with Gasteiger partial charge in [0.25, 0.3) is 11.8 Å². The van der Waals surface area contributed by atoms with Crippen LogP contribution in [-0.4, -0.2) is 36.4 Å². The highest BCUT2D eigenvalue weighted by molar-refractivity contribution is 7.16. The summed E-state index contributed by atoms with van der Waals surface area (Å²) in [6.07, 6.45) is 7.39. The van der Waals surface area contributed by atoms with Gasteiger partial charge in [0.1, 0.15) is 10.8 Å². The molecule has 0 saturated carbocycles. The monoisotopic (exact) mass is 442 g/mol. The van der Waals surface area contributed by atoms with E-state index in [1.54, 1.807) is 12.1 Å². The molecule has 0 aliphatic carbocycles. The smallest absolute Gasteiger partial charge is 0.257 e. The fourth-order valence-electron chi connectivity index (χ4n) is 3.99. The number of hydrogen-bond acceptors (Lipinski definition) is 4. The number of carbonyl (C=O) groups is 2. The lowest BCUT2D eigenvalue weighted by molar-refractivity contribution is 0.0724. The highest BCUT2D eigenvalue weighted by Gasteiger charge is 2.27. The zero-order valence-corrected chi connectivity index (χ0v) is 19.8. The van der Waals surface area contributed by atoms with Crippen molar-refractivity contribution in [3.05, 3.63) is 45.8 Å². The molecule has 2 aromatic rings. The first kappa shape index (κ1) is 23.3. The second-order valence-corrected chi connectivity index (χ2v) is 9.31. The molecule has 3 rings (SSSR count). The van der Waals surface area contributed by atoms with Crippen molar-refractivity contribution in [1.82, 2.24) is 4.90 Å². The molecular formula is C25H34N2O3S. The van der Waals surface area contributed by atoms with Crippen LogP contribution in [0.4, 0.5) is 5.00 Å². The Morgan fingerprint density at radius 2 is 1.77 bits per heavy atom. The number of hydrogen-bond donors (Lipinski definition) is 1. The van der Waals surface area contributed by atoms with Gasteiger partial charge in [0.2, 0.25) is 0 Å². The van der Waals surface area contributed by atoms with Gasteiger partial charge >= 0.3 is 0 Å². The largest absolute Gasteiger partial charge is 0.494 e. The summed E-state index contributed by atoms with van der Waals surface area (Å²) in [5, 5.41) is 3.67. The molecule has 0 radical (unpaired) electrons. The number of aryl methyl sites for hydroxylation is 1. The normalized spacial score (nSPS) is 13.8. The Morgan fingerprint density at radius 3 is 2.42 bits per heavy atom. The Kier molecular flexibility index (Phi) is 8.52. The maximum atomic E-state index is 13.3. The molecule has 1 fully saturated rings. The Morgan fingerprint density at radius 1 is 1.06 bits per heavy atom. The third-order valence-corrected chi connectivity index (χ3v) is 6.84. The Hall–Kier alpha value is -2.34. The third kappa shape index (κ3) is 5.88. The van der Waals surface area contributed by atoms with E-state index in [-0.39, 0.29) is 11.8 Å². The van der Waals surface area contributed by atoms with Gasteiger partial charge in [0.05, 0.1) is 12.2 Å². The van der Waals surface area contributed by atoms with Crippen molar-refractivity contribution < 1.29 is 14.3 Å². The van der Waals surface area contributed by atoms with E-state index in [4.69, 9.17) is 4.74 Å². The maximum Gasteiger partial charge on any atom is 0.257 e. The quantitative estimate of drug-likeness (QED) is 0.480. The number of amides is 2. The standard InChI is InChI=1S/C25H34N2O3S/c1-4-6-10-17-30-20-13-11-19(12-14-20)23(28)26-24-22(21(5-2)18(3)31-24)25(29)27-15-8-7-9-16-27/h11-14H,4-10,15-17H2,1-3H3,(H,26,28). The van der Waals surface area contributed by atoms with E-state index in [1.807, 2.05) is 24.0 Å². The molecule has 0 spiro atoms. The van der Waals surface area contributed by atoms with Crippen molar-refractivity contribution in [2.45, 2.75) is 65.7 Å². The lowest BCUT2D eigenvalue weighted by Crippen LogP contribution is -2.36. The van der Waals surface area contributed by atoms with Crippen LogP contribution in [0.3, 0.4) is 0 Å². The maximum absolute atomic E-state index is 13.3. The zero-order chi connectivity index (χ0) is 22.2. The Bertz CT molecular complexity index is 883. The highest BCUT2D eigenvalue weighted by atomic mass is 32.1. The summed E-state index contributed by atoms with van der Waals surface area (Å²) in [5.74, 6) is 0.620. The molecule has 1 saturated heterocycles. The van der Waals surface area contributed by atoms with Crippen LogP contribution in [0.25, 0.3) is 0 Å². The summed E-state index contributed by atoms with van der Waals surface area (Å²) in [7, 11) is 0. The van der Waals surface area contributed by atoms with Crippen LogP contribution in [0.2, 0.25) is 0 Å². The molecular weight excluding hydrogens is 408 g/mol. The van der Waals surface area contributed by atoms with E-state index < -0.39 is 0 Å². The van der Waals surface area contributed by atoms with Gasteiger partial charge in [0.15, 0.2) is 0 Å². The first-order chi connectivity index (χ1) is 15.0. The predicted octanol–water partition coefficient (Wildman–Crippen LogP) is 6.07. The molecule has 1 aromatic heterocycles. The third-order valence-electron chi connectivity index (χ3n) is 5.78. The van der Waals surface area contributed by atoms with E-state index in [0.29, 0.717) is 22.7 Å². The van der Waals surface area contributed by atoms with E-state index in [0.717, 1.165) is 67.8 Å². The topological polar surface area (TPSA) is 58.6 Å². The molecule has 0 unspecified atom stereocenters. The second-order valence-electron chi connectivity index (χ2n) is 8.08. The number of anilines is 1. The lowest BCUT2D eigenvalue weighted by atomic mass is 10.0. The average molecular weight is 443 g/mol. The van der Waals surface area contributed by atoms with E-state index in [9.17, 15) is 9.59 Å². The highest BCUT2D eigenvalue weighted by Crippen LogP contribution is 2.35. The molecule has 31 heavy (non-hydrogen) atoms. The predicted molar refractivity (Wildman–Crippen MR) is 128 cm³/mol. The van der Waals surface area contributed by atoms with Crippen LogP contribution in [0, 0.1) is 6.92 Å². The van der Waals surface area contributed by atoms with Gasteiger partial charge in [0, 0.05) is 23.5 Å². The first-order valence-electron chi connectivity index (χ1n) is 11.5. The number of nitrogens with zero attached hydrogens (tertiary/aromatic N) is 1. The fraction of sp³-hybridized carbons (Fsp3) is 0.520. The van der Waals surface area contributed by atoms with Crippen molar-refractivity contribution >= 4 is 28.2 Å². The van der Waals surface area contributed by atoms with Gasteiger partial charge in [-0.2, -0.15) is 0 Å². The molecule has 1 N–H and O–H groups in total. The van der Waals surface area contributed by atoms with Crippen LogP contribution >= 0.6 is 11.3 Å². The van der Waals surface area contributed by atoms with Crippen molar-refractivity contribution in [2.75, 3.05) is 25.0 Å². The van der Waals surface area contributed by atoms with Crippen molar-refractivity contribution in [2.24, 2.45) is 0 Å². The summed E-state index contributed by atoms with van der Waals surface area (Å²) in [4.78, 5) is 29.2. The van der Waals surface area contributed by atoms with Crippen molar-refractivity contribution in [3.63, 3.8) is 0 Å². The van der Waals surface area contributed by atoms with Gasteiger partial charge in [-0.25, -0.2) is 0 Å². The minimum absolute atomic E-state index is 0.0482. The summed E-state index contributed by atoms with van der Waals surface area (Å²) in [6.45, 7) is 8.53. The molecule has 0 bridgehead atoms. The van der Waals surface area contributed by atoms with Gasteiger partial charge in [-0.15, -0.1) is 11.3 Å². The number of likely N-dealkylation sites (tertiary alicyclic amines) is 1. The van der Waals surface area contributed by atoms with Crippen LogP contribution < -0.4 is 10.1 Å². The molecule has 6 heteroatoms. The molecule has 1 aliphatic rings. The first-order valence-corrected chi connectivity index (χ1v) is 12.3. The molecule has 168 valence electrons. The summed E-state index contributed by atoms with van der Waals surface area (Å²) in [5.41, 5.74) is 2.28. The molecule has 2 heterocycles. The molecule has 5 nitrogen and oxygen atoms in total. The SMILES string of the molecule is CCCCCOc1ccc(C(=O)Nc2sc(C)c(CC)c2C(=O)N2CCCCC2)cc1. The van der Waals surface area contributed by atoms with Crippen LogP contribution in [0.1, 0.15) is 83.5 Å². The average Bonchev–Trinajstić information content (AvgIpc) is 3.11. The second kappa shape index (κ2) is 11.3. The van der Waals surface area contributed by atoms with Gasteiger partial charge in [-0.05, 0) is 68.9 Å². The van der Waals surface area contributed by atoms with Crippen molar-refractivity contribution in [1.29, 1.82) is 0 Å². The van der Waals surface area contributed by atoms with Crippen LogP contribution in [0.5, 0.6) is 5.75 Å². The molecule has 1 aromatic carbocycles. The number of piperidine rings is 1. The Balaban J connectivity index is 1.73. The fourth-order valence-corrected chi connectivity index (χ4v) is 5.13. The number of thiophene rings is 1. The summed E-state index contributed by atoms with van der Waals surface area (Å²) < 4.78 is 5.73. The number of nitrogens with one attached hydrogen (secondary N) is 1. The summed E-state index contributed by atoms with van der Waals surface area (Å²) >= 11 is 1.50.